The molecule has 0 radical (unpaired) electrons. The van der Waals surface area contributed by atoms with Crippen LogP contribution in [0.15, 0.2) is 11.4 Å². The van der Waals surface area contributed by atoms with Crippen LogP contribution in [0.3, 0.4) is 0 Å². The average molecular weight is 271 g/mol. The normalized spacial score (nSPS) is 21.3. The maximum atomic E-state index is 11.5. The SMILES string of the molecule is N#Cc1ccsc1N1CC(Br)CC1=O. The van der Waals surface area contributed by atoms with Crippen LogP contribution in [0.25, 0.3) is 0 Å². The number of hydrogen-bond donors (Lipinski definition) is 0. The van der Waals surface area contributed by atoms with Crippen LogP contribution in [-0.4, -0.2) is 17.3 Å². The highest BCUT2D eigenvalue weighted by atomic mass is 79.9. The number of anilines is 1. The first-order valence-corrected chi connectivity index (χ1v) is 5.94. The zero-order valence-corrected chi connectivity index (χ0v) is 9.64. The largest absolute Gasteiger partial charge is 0.302 e. The second-order valence-corrected chi connectivity index (χ2v) is 5.25. The van der Waals surface area contributed by atoms with Crippen LogP contribution in [-0.2, 0) is 4.79 Å². The third-order valence-corrected chi connectivity index (χ3v) is 3.64. The van der Waals surface area contributed by atoms with Crippen LogP contribution in [0.2, 0.25) is 0 Å². The number of carbonyl (C=O) groups excluding carboxylic acids is 1. The Hall–Kier alpha value is -0.860. The number of amides is 1. The van der Waals surface area contributed by atoms with E-state index in [0.717, 1.165) is 5.00 Å². The molecule has 2 heterocycles. The molecular formula is C9H7BrN2OS. The maximum absolute atomic E-state index is 11.5. The van der Waals surface area contributed by atoms with Crippen LogP contribution >= 0.6 is 27.3 Å². The Bertz CT molecular complexity index is 409. The summed E-state index contributed by atoms with van der Waals surface area (Å²) in [6.07, 6.45) is 0.517. The van der Waals surface area contributed by atoms with Gasteiger partial charge in [-0.3, -0.25) is 4.79 Å². The highest BCUT2D eigenvalue weighted by molar-refractivity contribution is 9.09. The van der Waals surface area contributed by atoms with Gasteiger partial charge in [0.15, 0.2) is 0 Å². The first-order valence-electron chi connectivity index (χ1n) is 4.14. The summed E-state index contributed by atoms with van der Waals surface area (Å²) in [5, 5.41) is 11.4. The van der Waals surface area contributed by atoms with E-state index >= 15 is 0 Å². The van der Waals surface area contributed by atoms with Gasteiger partial charge in [0, 0.05) is 17.8 Å². The molecule has 0 N–H and O–H groups in total. The number of hydrogen-bond acceptors (Lipinski definition) is 3. The molecule has 1 amide bonds. The lowest BCUT2D eigenvalue weighted by Gasteiger charge is -2.13. The second-order valence-electron chi connectivity index (χ2n) is 3.06. The van der Waals surface area contributed by atoms with Crippen molar-refractivity contribution in [2.24, 2.45) is 0 Å². The molecule has 14 heavy (non-hydrogen) atoms. The van der Waals surface area contributed by atoms with Crippen LogP contribution in [0.1, 0.15) is 12.0 Å². The van der Waals surface area contributed by atoms with Gasteiger partial charge in [0.1, 0.15) is 11.1 Å². The Balaban J connectivity index is 2.32. The van der Waals surface area contributed by atoms with E-state index in [4.69, 9.17) is 5.26 Å². The molecule has 3 nitrogen and oxygen atoms in total. The smallest absolute Gasteiger partial charge is 0.228 e. The van der Waals surface area contributed by atoms with Crippen LogP contribution < -0.4 is 4.90 Å². The second kappa shape index (κ2) is 3.71. The molecule has 72 valence electrons. The maximum Gasteiger partial charge on any atom is 0.228 e. The van der Waals surface area contributed by atoms with Crippen LogP contribution in [0.4, 0.5) is 5.00 Å². The quantitative estimate of drug-likeness (QED) is 0.734. The minimum atomic E-state index is 0.0887. The number of rotatable bonds is 1. The fraction of sp³-hybridized carbons (Fsp3) is 0.333. The molecule has 0 spiro atoms. The molecule has 1 aliphatic heterocycles. The highest BCUT2D eigenvalue weighted by Crippen LogP contribution is 2.32. The Kier molecular flexibility index (Phi) is 2.57. The lowest BCUT2D eigenvalue weighted by molar-refractivity contribution is -0.116. The van der Waals surface area contributed by atoms with E-state index in [1.165, 1.54) is 11.3 Å². The molecule has 0 aliphatic carbocycles. The first-order chi connectivity index (χ1) is 6.72. The van der Waals surface area contributed by atoms with Gasteiger partial charge in [-0.05, 0) is 11.4 Å². The van der Waals surface area contributed by atoms with Gasteiger partial charge >= 0.3 is 0 Å². The molecule has 1 fully saturated rings. The minimum Gasteiger partial charge on any atom is -0.302 e. The topological polar surface area (TPSA) is 44.1 Å². The third-order valence-electron chi connectivity index (χ3n) is 2.09. The number of nitriles is 1. The number of nitrogens with zero attached hydrogens (tertiary/aromatic N) is 2. The summed E-state index contributed by atoms with van der Waals surface area (Å²) >= 11 is 4.85. The lowest BCUT2D eigenvalue weighted by atomic mass is 10.3. The molecule has 2 rings (SSSR count). The van der Waals surface area contributed by atoms with Crippen molar-refractivity contribution in [3.05, 3.63) is 17.0 Å². The van der Waals surface area contributed by atoms with Crippen molar-refractivity contribution in [1.82, 2.24) is 0 Å². The molecule has 1 atom stereocenters. The van der Waals surface area contributed by atoms with Gasteiger partial charge < -0.3 is 4.90 Å². The van der Waals surface area contributed by atoms with Gasteiger partial charge in [-0.2, -0.15) is 5.26 Å². The summed E-state index contributed by atoms with van der Waals surface area (Å²) in [6.45, 7) is 0.661. The van der Waals surface area contributed by atoms with Crippen LogP contribution in [0.5, 0.6) is 0 Å². The van der Waals surface area contributed by atoms with E-state index in [0.29, 0.717) is 18.5 Å². The summed E-state index contributed by atoms with van der Waals surface area (Å²) in [4.78, 5) is 13.4. The first kappa shape index (κ1) is 9.69. The predicted octanol–water partition coefficient (Wildman–Crippen LogP) is 2.12. The van der Waals surface area contributed by atoms with E-state index in [-0.39, 0.29) is 10.7 Å². The van der Waals surface area contributed by atoms with Crippen molar-refractivity contribution in [2.75, 3.05) is 11.4 Å². The third kappa shape index (κ3) is 1.56. The molecule has 1 aliphatic rings. The van der Waals surface area contributed by atoms with Gasteiger partial charge in [-0.25, -0.2) is 0 Å². The molecule has 1 saturated heterocycles. The van der Waals surface area contributed by atoms with Crippen molar-refractivity contribution in [3.63, 3.8) is 0 Å². The molecule has 5 heteroatoms. The molecule has 0 aromatic carbocycles. The van der Waals surface area contributed by atoms with Gasteiger partial charge in [0.25, 0.3) is 0 Å². The molecular weight excluding hydrogens is 264 g/mol. The van der Waals surface area contributed by atoms with Crippen molar-refractivity contribution in [1.29, 1.82) is 5.26 Å². The number of carbonyl (C=O) groups is 1. The summed E-state index contributed by atoms with van der Waals surface area (Å²) in [7, 11) is 0. The van der Waals surface area contributed by atoms with Gasteiger partial charge in [-0.1, -0.05) is 15.9 Å². The van der Waals surface area contributed by atoms with Crippen molar-refractivity contribution in [3.8, 4) is 6.07 Å². The zero-order chi connectivity index (χ0) is 10.1. The highest BCUT2D eigenvalue weighted by Gasteiger charge is 2.30. The van der Waals surface area contributed by atoms with Crippen molar-refractivity contribution in [2.45, 2.75) is 11.2 Å². The number of thiophene rings is 1. The van der Waals surface area contributed by atoms with Gasteiger partial charge in [0.05, 0.1) is 5.56 Å². The van der Waals surface area contributed by atoms with Crippen molar-refractivity contribution >= 4 is 38.2 Å². The monoisotopic (exact) mass is 270 g/mol. The molecule has 0 saturated carbocycles. The van der Waals surface area contributed by atoms with E-state index in [9.17, 15) is 4.79 Å². The van der Waals surface area contributed by atoms with Crippen LogP contribution in [0, 0.1) is 11.3 Å². The summed E-state index contributed by atoms with van der Waals surface area (Å²) in [6, 6.07) is 3.83. The Morgan fingerprint density at radius 1 is 1.71 bits per heavy atom. The fourth-order valence-corrected chi connectivity index (χ4v) is 2.90. The Morgan fingerprint density at radius 2 is 2.50 bits per heavy atom. The molecule has 1 unspecified atom stereocenters. The van der Waals surface area contributed by atoms with E-state index in [1.54, 1.807) is 11.0 Å². The summed E-state index contributed by atoms with van der Waals surface area (Å²) in [5.74, 6) is 0.0887. The van der Waals surface area contributed by atoms with E-state index < -0.39 is 0 Å². The summed E-state index contributed by atoms with van der Waals surface area (Å²) < 4.78 is 0. The van der Waals surface area contributed by atoms with Gasteiger partial charge in [0.2, 0.25) is 5.91 Å². The predicted molar refractivity (Wildman–Crippen MR) is 58.7 cm³/mol. The fourth-order valence-electron chi connectivity index (χ4n) is 1.46. The molecule has 0 bridgehead atoms. The minimum absolute atomic E-state index is 0.0887. The number of halogens is 1. The summed E-state index contributed by atoms with van der Waals surface area (Å²) in [5.41, 5.74) is 0.588. The Labute approximate surface area is 94.1 Å². The standard InChI is InChI=1S/C9H7BrN2OS/c10-7-3-8(13)12(5-7)9-6(4-11)1-2-14-9/h1-2,7H,3,5H2. The Morgan fingerprint density at radius 3 is 3.07 bits per heavy atom. The molecule has 1 aromatic rings. The van der Waals surface area contributed by atoms with Crippen molar-refractivity contribution < 1.29 is 4.79 Å². The van der Waals surface area contributed by atoms with E-state index in [2.05, 4.69) is 22.0 Å². The van der Waals surface area contributed by atoms with E-state index in [1.807, 2.05) is 5.38 Å². The number of alkyl halides is 1. The average Bonchev–Trinajstić information content (AvgIpc) is 2.71. The molecule has 1 aromatic heterocycles. The van der Waals surface area contributed by atoms with Gasteiger partial charge in [-0.15, -0.1) is 11.3 Å². The lowest BCUT2D eigenvalue weighted by Crippen LogP contribution is -2.24. The zero-order valence-electron chi connectivity index (χ0n) is 7.24.